The molecule has 0 saturated heterocycles. The lowest BCUT2D eigenvalue weighted by Crippen LogP contribution is -2.33. The topological polar surface area (TPSA) is 70.2 Å². The van der Waals surface area contributed by atoms with Gasteiger partial charge >= 0.3 is 0 Å². The Morgan fingerprint density at radius 2 is 2.00 bits per heavy atom. The molecule has 0 fully saturated rings. The van der Waals surface area contributed by atoms with Crippen molar-refractivity contribution in [1.82, 2.24) is 9.99 Å². The molecular weight excluding hydrogens is 336 g/mol. The molecule has 1 aromatic heterocycles. The van der Waals surface area contributed by atoms with Crippen molar-refractivity contribution in [1.29, 1.82) is 5.26 Å². The van der Waals surface area contributed by atoms with Gasteiger partial charge in [0.25, 0.3) is 0 Å². The van der Waals surface area contributed by atoms with Gasteiger partial charge < -0.3 is 4.57 Å². The van der Waals surface area contributed by atoms with Crippen LogP contribution in [0.25, 0.3) is 10.9 Å². The highest BCUT2D eigenvalue weighted by Gasteiger charge is 2.29. The van der Waals surface area contributed by atoms with Crippen LogP contribution in [-0.4, -0.2) is 16.2 Å². The molecule has 5 nitrogen and oxygen atoms in total. The first-order chi connectivity index (χ1) is 13.2. The van der Waals surface area contributed by atoms with E-state index in [9.17, 15) is 4.79 Å². The second-order valence-corrected chi connectivity index (χ2v) is 6.86. The molecule has 0 saturated carbocycles. The molecule has 1 aliphatic heterocycles. The van der Waals surface area contributed by atoms with Crippen molar-refractivity contribution in [3.63, 3.8) is 0 Å². The lowest BCUT2D eigenvalue weighted by molar-refractivity contribution is -0.122. The number of hydrogen-bond acceptors (Lipinski definition) is 3. The van der Waals surface area contributed by atoms with E-state index in [-0.39, 0.29) is 11.8 Å². The van der Waals surface area contributed by atoms with Crippen molar-refractivity contribution in [3.8, 4) is 6.07 Å². The third-order valence-corrected chi connectivity index (χ3v) is 5.06. The Morgan fingerprint density at radius 1 is 1.22 bits per heavy atom. The summed E-state index contributed by atoms with van der Waals surface area (Å²) in [4.78, 5) is 12.6. The van der Waals surface area contributed by atoms with Gasteiger partial charge in [0, 0.05) is 30.1 Å². The van der Waals surface area contributed by atoms with E-state index < -0.39 is 0 Å². The average Bonchev–Trinajstić information content (AvgIpc) is 3.06. The van der Waals surface area contributed by atoms with Crippen molar-refractivity contribution in [2.75, 3.05) is 0 Å². The summed E-state index contributed by atoms with van der Waals surface area (Å²) in [5.74, 6) is -0.388. The van der Waals surface area contributed by atoms with Gasteiger partial charge in [0.05, 0.1) is 24.1 Å². The number of fused-ring (bicyclic) bond motifs is 1. The molecule has 27 heavy (non-hydrogen) atoms. The summed E-state index contributed by atoms with van der Waals surface area (Å²) >= 11 is 0. The van der Waals surface area contributed by atoms with Gasteiger partial charge in [0.2, 0.25) is 5.91 Å². The van der Waals surface area contributed by atoms with Gasteiger partial charge in [-0.3, -0.25) is 4.79 Å². The van der Waals surface area contributed by atoms with E-state index in [1.165, 1.54) is 5.56 Å². The van der Waals surface area contributed by atoms with E-state index in [0.29, 0.717) is 19.4 Å². The summed E-state index contributed by atoms with van der Waals surface area (Å²) in [7, 11) is 0. The van der Waals surface area contributed by atoms with Crippen LogP contribution in [-0.2, 0) is 11.3 Å². The predicted octanol–water partition coefficient (Wildman–Crippen LogP) is 3.87. The summed E-state index contributed by atoms with van der Waals surface area (Å²) in [6.07, 6.45) is 3.01. The number of benzene rings is 2. The second kappa shape index (κ2) is 7.08. The Morgan fingerprint density at radius 3 is 2.78 bits per heavy atom. The van der Waals surface area contributed by atoms with Crippen molar-refractivity contribution in [2.45, 2.75) is 32.2 Å². The lowest BCUT2D eigenvalue weighted by atomic mass is 9.89. The zero-order valence-electron chi connectivity index (χ0n) is 15.1. The van der Waals surface area contributed by atoms with E-state index in [0.717, 1.165) is 27.7 Å². The standard InChI is InChI=1S/C22H20N4O/c1-15-7-9-16(10-8-15)20-13-18(22(27)25-24-20)19-14-26(12-4-11-23)21-6-3-2-5-17(19)21/h2-3,5-10,14,18H,4,12-13H2,1H3,(H,25,27)/t18-/m1/s1. The largest absolute Gasteiger partial charge is 0.346 e. The number of amides is 1. The maximum absolute atomic E-state index is 12.6. The Bertz CT molecular complexity index is 1070. The normalized spacial score (nSPS) is 16.7. The molecule has 1 N–H and O–H groups in total. The van der Waals surface area contributed by atoms with Gasteiger partial charge in [0.1, 0.15) is 0 Å². The Hall–Kier alpha value is -3.39. The van der Waals surface area contributed by atoms with Gasteiger partial charge in [0.15, 0.2) is 0 Å². The first-order valence-electron chi connectivity index (χ1n) is 9.05. The summed E-state index contributed by atoms with van der Waals surface area (Å²) in [6.45, 7) is 2.66. The number of nitrogens with one attached hydrogen (secondary N) is 1. The number of para-hydroxylation sites is 1. The molecule has 1 amide bonds. The van der Waals surface area contributed by atoms with Crippen LogP contribution in [0.1, 0.15) is 35.4 Å². The molecule has 0 unspecified atom stereocenters. The summed E-state index contributed by atoms with van der Waals surface area (Å²) < 4.78 is 2.07. The summed E-state index contributed by atoms with van der Waals surface area (Å²) in [5, 5.41) is 14.3. The molecule has 134 valence electrons. The number of hydrogen-bond donors (Lipinski definition) is 1. The molecule has 0 aliphatic carbocycles. The maximum Gasteiger partial charge on any atom is 0.248 e. The van der Waals surface area contributed by atoms with E-state index in [1.54, 1.807) is 0 Å². The van der Waals surface area contributed by atoms with Crippen molar-refractivity contribution >= 4 is 22.5 Å². The van der Waals surface area contributed by atoms with Crippen LogP contribution in [0.4, 0.5) is 0 Å². The van der Waals surface area contributed by atoms with Crippen LogP contribution in [0.5, 0.6) is 0 Å². The van der Waals surface area contributed by atoms with Crippen LogP contribution in [0.15, 0.2) is 59.8 Å². The highest BCUT2D eigenvalue weighted by Crippen LogP contribution is 2.32. The number of carbonyl (C=O) groups excluding carboxylic acids is 1. The number of rotatable bonds is 4. The summed E-state index contributed by atoms with van der Waals surface area (Å²) in [5.41, 5.74) is 7.84. The SMILES string of the molecule is Cc1ccc(C2=NNC(=O)[C@@H](c3cn(CCC#N)c4ccccc34)C2)cc1. The molecule has 1 atom stereocenters. The van der Waals surface area contributed by atoms with Gasteiger partial charge in [-0.2, -0.15) is 10.4 Å². The fraction of sp³-hybridized carbons (Fsp3) is 0.227. The van der Waals surface area contributed by atoms with Crippen molar-refractivity contribution in [3.05, 3.63) is 71.4 Å². The zero-order valence-corrected chi connectivity index (χ0v) is 15.1. The third-order valence-electron chi connectivity index (χ3n) is 5.06. The molecule has 2 heterocycles. The molecule has 0 radical (unpaired) electrons. The van der Waals surface area contributed by atoms with Crippen LogP contribution < -0.4 is 5.43 Å². The first-order valence-corrected chi connectivity index (χ1v) is 9.05. The molecular formula is C22H20N4O. The molecule has 3 aromatic rings. The average molecular weight is 356 g/mol. The number of aromatic nitrogens is 1. The maximum atomic E-state index is 12.6. The molecule has 1 aliphatic rings. The fourth-order valence-corrected chi connectivity index (χ4v) is 3.62. The van der Waals surface area contributed by atoms with E-state index in [1.807, 2.05) is 49.5 Å². The quantitative estimate of drug-likeness (QED) is 0.771. The molecule has 4 rings (SSSR count). The predicted molar refractivity (Wildman–Crippen MR) is 105 cm³/mol. The minimum absolute atomic E-state index is 0.0888. The Balaban J connectivity index is 1.72. The number of carbonyl (C=O) groups is 1. The lowest BCUT2D eigenvalue weighted by Gasteiger charge is -2.21. The highest BCUT2D eigenvalue weighted by molar-refractivity contribution is 6.07. The van der Waals surface area contributed by atoms with E-state index >= 15 is 0 Å². The van der Waals surface area contributed by atoms with E-state index in [4.69, 9.17) is 5.26 Å². The Kier molecular flexibility index (Phi) is 4.47. The van der Waals surface area contributed by atoms with Crippen LogP contribution in [0.3, 0.4) is 0 Å². The van der Waals surface area contributed by atoms with Crippen LogP contribution in [0.2, 0.25) is 0 Å². The third kappa shape index (κ3) is 3.22. The van der Waals surface area contributed by atoms with Crippen molar-refractivity contribution < 1.29 is 4.79 Å². The highest BCUT2D eigenvalue weighted by atomic mass is 16.2. The summed E-state index contributed by atoms with van der Waals surface area (Å²) in [6, 6.07) is 18.4. The smallest absolute Gasteiger partial charge is 0.248 e. The number of aryl methyl sites for hydroxylation is 2. The molecule has 0 bridgehead atoms. The van der Waals surface area contributed by atoms with Crippen LogP contribution >= 0.6 is 0 Å². The number of hydrazone groups is 1. The minimum atomic E-state index is -0.299. The first kappa shape index (κ1) is 17.0. The number of nitriles is 1. The van der Waals surface area contributed by atoms with Gasteiger partial charge in [-0.15, -0.1) is 0 Å². The molecule has 0 spiro atoms. The van der Waals surface area contributed by atoms with Gasteiger partial charge in [-0.25, -0.2) is 5.43 Å². The minimum Gasteiger partial charge on any atom is -0.346 e. The molecule has 5 heteroatoms. The fourth-order valence-electron chi connectivity index (χ4n) is 3.62. The second-order valence-electron chi connectivity index (χ2n) is 6.86. The van der Waals surface area contributed by atoms with E-state index in [2.05, 4.69) is 33.3 Å². The Labute approximate surface area is 157 Å². The number of nitrogens with zero attached hydrogens (tertiary/aromatic N) is 3. The van der Waals surface area contributed by atoms with Gasteiger partial charge in [-0.05, 0) is 24.1 Å². The molecule has 2 aromatic carbocycles. The van der Waals surface area contributed by atoms with Crippen LogP contribution in [0, 0.1) is 18.3 Å². The zero-order chi connectivity index (χ0) is 18.8. The monoisotopic (exact) mass is 356 g/mol. The van der Waals surface area contributed by atoms with Crippen molar-refractivity contribution in [2.24, 2.45) is 5.10 Å². The van der Waals surface area contributed by atoms with Gasteiger partial charge in [-0.1, -0.05) is 48.0 Å².